The summed E-state index contributed by atoms with van der Waals surface area (Å²) in [5, 5.41) is 8.72. The molecule has 1 N–H and O–H groups in total. The molecule has 20 heavy (non-hydrogen) atoms. The Morgan fingerprint density at radius 2 is 1.85 bits per heavy atom. The van der Waals surface area contributed by atoms with Crippen molar-refractivity contribution in [2.75, 3.05) is 0 Å². The Morgan fingerprint density at radius 1 is 1.25 bits per heavy atom. The molecular formula is C11H8F2N2O4S. The molecule has 2 rings (SSSR count). The second-order valence-electron chi connectivity index (χ2n) is 3.77. The molecule has 0 aliphatic carbocycles. The van der Waals surface area contributed by atoms with Crippen LogP contribution in [0, 0.1) is 0 Å². The van der Waals surface area contributed by atoms with Crippen molar-refractivity contribution in [3.05, 3.63) is 42.5 Å². The number of carbonyl (C=O) groups is 1. The van der Waals surface area contributed by atoms with Gasteiger partial charge in [0.2, 0.25) is 9.84 Å². The summed E-state index contributed by atoms with van der Waals surface area (Å²) in [4.78, 5) is 13.8. The lowest BCUT2D eigenvalue weighted by Gasteiger charge is -2.05. The molecule has 0 amide bonds. The maximum absolute atomic E-state index is 12.3. The van der Waals surface area contributed by atoms with Gasteiger partial charge in [0.15, 0.2) is 5.69 Å². The van der Waals surface area contributed by atoms with E-state index in [1.807, 2.05) is 0 Å². The lowest BCUT2D eigenvalue weighted by molar-refractivity contribution is 0.0691. The predicted octanol–water partition coefficient (Wildman–Crippen LogP) is 1.57. The van der Waals surface area contributed by atoms with Gasteiger partial charge in [-0.25, -0.2) is 18.2 Å². The molecule has 0 atom stereocenters. The molecule has 9 heteroatoms. The monoisotopic (exact) mass is 302 g/mol. The van der Waals surface area contributed by atoms with Crippen LogP contribution < -0.4 is 0 Å². The van der Waals surface area contributed by atoms with Crippen LogP contribution in [0.3, 0.4) is 0 Å². The van der Waals surface area contributed by atoms with Crippen LogP contribution in [0.15, 0.2) is 41.7 Å². The van der Waals surface area contributed by atoms with Crippen molar-refractivity contribution in [1.29, 1.82) is 0 Å². The second-order valence-corrected chi connectivity index (χ2v) is 5.69. The molecule has 1 aromatic carbocycles. The molecule has 1 aromatic heterocycles. The van der Waals surface area contributed by atoms with Gasteiger partial charge >= 0.3 is 11.7 Å². The first kappa shape index (κ1) is 14.1. The summed E-state index contributed by atoms with van der Waals surface area (Å²) >= 11 is 0. The van der Waals surface area contributed by atoms with Gasteiger partial charge in [-0.1, -0.05) is 0 Å². The number of sulfone groups is 1. The van der Waals surface area contributed by atoms with E-state index in [0.29, 0.717) is 5.69 Å². The Labute approximate surface area is 112 Å². The van der Waals surface area contributed by atoms with E-state index in [-0.39, 0.29) is 5.69 Å². The topological polar surface area (TPSA) is 89.3 Å². The molecule has 2 aromatic rings. The van der Waals surface area contributed by atoms with Crippen LogP contribution in [0.25, 0.3) is 5.69 Å². The van der Waals surface area contributed by atoms with E-state index in [1.54, 1.807) is 0 Å². The number of aromatic carboxylic acids is 1. The number of hydrogen-bond acceptors (Lipinski definition) is 4. The van der Waals surface area contributed by atoms with E-state index < -0.39 is 26.5 Å². The highest BCUT2D eigenvalue weighted by Gasteiger charge is 2.26. The number of benzene rings is 1. The largest absolute Gasteiger partial charge is 0.476 e. The fraction of sp³-hybridized carbons (Fsp3) is 0.0909. The first-order valence-corrected chi connectivity index (χ1v) is 6.77. The zero-order valence-corrected chi connectivity index (χ0v) is 10.6. The minimum absolute atomic E-state index is 0.186. The SMILES string of the molecule is O=C(O)c1cn(-c2ccc(S(=O)(=O)C(F)F)cc2)cn1. The molecule has 0 aliphatic rings. The number of aromatic nitrogens is 2. The van der Waals surface area contributed by atoms with E-state index in [4.69, 9.17) is 5.11 Å². The standard InChI is InChI=1S/C11H8F2N2O4S/c12-11(13)20(18,19)8-3-1-7(2-4-8)15-5-9(10(16)17)14-6-15/h1-6,11H,(H,16,17). The summed E-state index contributed by atoms with van der Waals surface area (Å²) < 4.78 is 48.5. The van der Waals surface area contributed by atoms with Crippen molar-refractivity contribution in [3.8, 4) is 5.69 Å². The van der Waals surface area contributed by atoms with Gasteiger partial charge in [-0.3, -0.25) is 0 Å². The lowest BCUT2D eigenvalue weighted by atomic mass is 10.3. The third-order valence-corrected chi connectivity index (χ3v) is 3.90. The molecule has 106 valence electrons. The Kier molecular flexibility index (Phi) is 3.53. The molecule has 0 bridgehead atoms. The first-order valence-electron chi connectivity index (χ1n) is 5.22. The van der Waals surface area contributed by atoms with Crippen LogP contribution >= 0.6 is 0 Å². The van der Waals surface area contributed by atoms with Crippen LogP contribution in [0.5, 0.6) is 0 Å². The number of alkyl halides is 2. The highest BCUT2D eigenvalue weighted by Crippen LogP contribution is 2.20. The maximum Gasteiger partial charge on any atom is 0.356 e. The van der Waals surface area contributed by atoms with E-state index in [1.165, 1.54) is 29.2 Å². The summed E-state index contributed by atoms with van der Waals surface area (Å²) in [5.41, 5.74) is 0.215. The average Bonchev–Trinajstić information content (AvgIpc) is 2.88. The van der Waals surface area contributed by atoms with E-state index in [2.05, 4.69) is 4.98 Å². The van der Waals surface area contributed by atoms with Crippen molar-refractivity contribution in [3.63, 3.8) is 0 Å². The van der Waals surface area contributed by atoms with E-state index in [9.17, 15) is 22.0 Å². The summed E-state index contributed by atoms with van der Waals surface area (Å²) in [7, 11) is -4.64. The van der Waals surface area contributed by atoms with E-state index >= 15 is 0 Å². The van der Waals surface area contributed by atoms with E-state index in [0.717, 1.165) is 12.1 Å². The number of carboxylic acids is 1. The highest BCUT2D eigenvalue weighted by molar-refractivity contribution is 7.91. The highest BCUT2D eigenvalue weighted by atomic mass is 32.2. The number of halogens is 2. The molecule has 1 heterocycles. The molecule has 0 spiro atoms. The Morgan fingerprint density at radius 3 is 2.30 bits per heavy atom. The van der Waals surface area contributed by atoms with Gasteiger partial charge in [0.05, 0.1) is 4.90 Å². The Balaban J connectivity index is 2.35. The Hall–Kier alpha value is -2.29. The van der Waals surface area contributed by atoms with Gasteiger partial charge in [-0.15, -0.1) is 0 Å². The fourth-order valence-electron chi connectivity index (χ4n) is 1.49. The van der Waals surface area contributed by atoms with Gasteiger partial charge in [0.25, 0.3) is 0 Å². The third-order valence-electron chi connectivity index (χ3n) is 2.50. The number of imidazole rings is 1. The number of carboxylic acid groups (broad SMARTS) is 1. The Bertz CT molecular complexity index is 738. The van der Waals surface area contributed by atoms with Gasteiger partial charge in [-0.2, -0.15) is 8.78 Å². The average molecular weight is 302 g/mol. The normalized spacial score (nSPS) is 11.8. The molecular weight excluding hydrogens is 294 g/mol. The molecule has 6 nitrogen and oxygen atoms in total. The second kappa shape index (κ2) is 5.00. The minimum Gasteiger partial charge on any atom is -0.476 e. The molecule has 0 saturated carbocycles. The molecule has 0 fully saturated rings. The molecule has 0 radical (unpaired) electrons. The van der Waals surface area contributed by atoms with Crippen LogP contribution in [0.1, 0.15) is 10.5 Å². The van der Waals surface area contributed by atoms with Gasteiger partial charge < -0.3 is 9.67 Å². The number of nitrogens with zero attached hydrogens (tertiary/aromatic N) is 2. The van der Waals surface area contributed by atoms with Crippen molar-refractivity contribution in [1.82, 2.24) is 9.55 Å². The van der Waals surface area contributed by atoms with Crippen molar-refractivity contribution < 1.29 is 27.1 Å². The third kappa shape index (κ3) is 2.52. The van der Waals surface area contributed by atoms with Crippen molar-refractivity contribution >= 4 is 15.8 Å². The van der Waals surface area contributed by atoms with Crippen LogP contribution in [0.2, 0.25) is 0 Å². The summed E-state index contributed by atoms with van der Waals surface area (Å²) in [5.74, 6) is -4.69. The van der Waals surface area contributed by atoms with Crippen LogP contribution in [-0.2, 0) is 9.84 Å². The van der Waals surface area contributed by atoms with Crippen LogP contribution in [0.4, 0.5) is 8.78 Å². The van der Waals surface area contributed by atoms with Crippen molar-refractivity contribution in [2.45, 2.75) is 10.7 Å². The van der Waals surface area contributed by atoms with Crippen molar-refractivity contribution in [2.24, 2.45) is 0 Å². The van der Waals surface area contributed by atoms with Crippen LogP contribution in [-0.4, -0.2) is 34.8 Å². The zero-order chi connectivity index (χ0) is 14.9. The quantitative estimate of drug-likeness (QED) is 0.926. The maximum atomic E-state index is 12.3. The summed E-state index contributed by atoms with van der Waals surface area (Å²) in [6.45, 7) is 0. The fourth-order valence-corrected chi connectivity index (χ4v) is 2.21. The smallest absolute Gasteiger partial charge is 0.356 e. The molecule has 0 saturated heterocycles. The summed E-state index contributed by atoms with van der Waals surface area (Å²) in [6, 6.07) is 4.61. The lowest BCUT2D eigenvalue weighted by Crippen LogP contribution is -2.11. The molecule has 0 aliphatic heterocycles. The van der Waals surface area contributed by atoms with Gasteiger partial charge in [0, 0.05) is 11.9 Å². The minimum atomic E-state index is -4.64. The van der Waals surface area contributed by atoms with Gasteiger partial charge in [0.1, 0.15) is 6.33 Å². The molecule has 0 unspecified atom stereocenters. The zero-order valence-electron chi connectivity index (χ0n) is 9.77. The summed E-state index contributed by atoms with van der Waals surface area (Å²) in [6.07, 6.45) is 2.44. The first-order chi connectivity index (χ1) is 9.32. The predicted molar refractivity (Wildman–Crippen MR) is 63.7 cm³/mol. The van der Waals surface area contributed by atoms with Gasteiger partial charge in [-0.05, 0) is 24.3 Å². The number of rotatable bonds is 4. The number of hydrogen-bond donors (Lipinski definition) is 1.